The van der Waals surface area contributed by atoms with Gasteiger partial charge in [0, 0.05) is 12.1 Å². The number of nitrogens with zero attached hydrogens (tertiary/aromatic N) is 1. The third kappa shape index (κ3) is 5.03. The third-order valence-corrected chi connectivity index (χ3v) is 3.80. The molecule has 2 aromatic carbocycles. The monoisotopic (exact) mass is 295 g/mol. The van der Waals surface area contributed by atoms with Gasteiger partial charge in [0.2, 0.25) is 5.91 Å². The van der Waals surface area contributed by atoms with Gasteiger partial charge in [-0.3, -0.25) is 4.79 Å². The third-order valence-electron chi connectivity index (χ3n) is 3.80. The Morgan fingerprint density at radius 3 is 2.14 bits per heavy atom. The van der Waals surface area contributed by atoms with E-state index in [9.17, 15) is 4.79 Å². The number of carbonyl (C=O) groups excluding carboxylic acids is 1. The van der Waals surface area contributed by atoms with Crippen LogP contribution in [-0.4, -0.2) is 5.91 Å². The van der Waals surface area contributed by atoms with Gasteiger partial charge in [-0.15, -0.1) is 0 Å². The summed E-state index contributed by atoms with van der Waals surface area (Å²) >= 11 is 0. The van der Waals surface area contributed by atoms with Crippen molar-refractivity contribution in [2.24, 2.45) is 0 Å². The first kappa shape index (κ1) is 16.3. The zero-order valence-electron chi connectivity index (χ0n) is 13.4. The van der Waals surface area contributed by atoms with Crippen molar-refractivity contribution >= 4 is 11.6 Å². The lowest BCUT2D eigenvalue weighted by molar-refractivity contribution is -0.118. The number of hydrogen-bond acceptors (Lipinski definition) is 1. The van der Waals surface area contributed by atoms with Crippen LogP contribution < -0.4 is 4.90 Å². The van der Waals surface area contributed by atoms with Crippen molar-refractivity contribution in [2.75, 3.05) is 4.90 Å². The molecule has 0 N–H and O–H groups in total. The Hall–Kier alpha value is -2.09. The van der Waals surface area contributed by atoms with Crippen LogP contribution in [-0.2, 0) is 11.3 Å². The summed E-state index contributed by atoms with van der Waals surface area (Å²) < 4.78 is 0. The zero-order valence-corrected chi connectivity index (χ0v) is 13.4. The minimum absolute atomic E-state index is 0.214. The lowest BCUT2D eigenvalue weighted by Gasteiger charge is -2.23. The van der Waals surface area contributed by atoms with Crippen molar-refractivity contribution in [3.63, 3.8) is 0 Å². The summed E-state index contributed by atoms with van der Waals surface area (Å²) in [6.07, 6.45) is 5.14. The van der Waals surface area contributed by atoms with E-state index in [0.29, 0.717) is 13.0 Å². The number of amides is 1. The van der Waals surface area contributed by atoms with Crippen molar-refractivity contribution in [3.05, 3.63) is 66.2 Å². The molecule has 0 unspecified atom stereocenters. The van der Waals surface area contributed by atoms with Crippen molar-refractivity contribution in [1.29, 1.82) is 0 Å². The van der Waals surface area contributed by atoms with E-state index in [1.807, 2.05) is 53.4 Å². The van der Waals surface area contributed by atoms with E-state index in [1.165, 1.54) is 12.8 Å². The van der Waals surface area contributed by atoms with E-state index >= 15 is 0 Å². The summed E-state index contributed by atoms with van der Waals surface area (Å²) in [7, 11) is 0. The number of anilines is 1. The molecule has 0 saturated carbocycles. The summed E-state index contributed by atoms with van der Waals surface area (Å²) in [5.41, 5.74) is 2.14. The number of para-hydroxylation sites is 1. The molecular weight excluding hydrogens is 270 g/mol. The van der Waals surface area contributed by atoms with Gasteiger partial charge in [-0.2, -0.15) is 0 Å². The molecule has 2 rings (SSSR count). The highest BCUT2D eigenvalue weighted by atomic mass is 16.2. The molecule has 0 radical (unpaired) electrons. The first-order valence-electron chi connectivity index (χ1n) is 8.20. The van der Waals surface area contributed by atoms with Crippen LogP contribution in [0.1, 0.15) is 44.6 Å². The fraction of sp³-hybridized carbons (Fsp3) is 0.350. The fourth-order valence-corrected chi connectivity index (χ4v) is 2.54. The fourth-order valence-electron chi connectivity index (χ4n) is 2.54. The van der Waals surface area contributed by atoms with Crippen molar-refractivity contribution < 1.29 is 4.79 Å². The van der Waals surface area contributed by atoms with Gasteiger partial charge >= 0.3 is 0 Å². The van der Waals surface area contributed by atoms with E-state index in [2.05, 4.69) is 19.1 Å². The van der Waals surface area contributed by atoms with Crippen LogP contribution >= 0.6 is 0 Å². The van der Waals surface area contributed by atoms with E-state index in [4.69, 9.17) is 0 Å². The lowest BCUT2D eigenvalue weighted by atomic mass is 10.1. The normalized spacial score (nSPS) is 10.4. The van der Waals surface area contributed by atoms with Gasteiger partial charge < -0.3 is 4.90 Å². The lowest BCUT2D eigenvalue weighted by Crippen LogP contribution is -2.30. The first-order chi connectivity index (χ1) is 10.8. The van der Waals surface area contributed by atoms with Crippen molar-refractivity contribution in [3.8, 4) is 0 Å². The van der Waals surface area contributed by atoms with Gasteiger partial charge in [-0.1, -0.05) is 74.7 Å². The Morgan fingerprint density at radius 2 is 1.50 bits per heavy atom. The second-order valence-electron chi connectivity index (χ2n) is 5.61. The van der Waals surface area contributed by atoms with Crippen LogP contribution in [0.15, 0.2) is 60.7 Å². The van der Waals surface area contributed by atoms with Crippen molar-refractivity contribution in [1.82, 2.24) is 0 Å². The Balaban J connectivity index is 2.06. The van der Waals surface area contributed by atoms with Crippen LogP contribution in [0.2, 0.25) is 0 Å². The highest BCUT2D eigenvalue weighted by Crippen LogP contribution is 2.19. The highest BCUT2D eigenvalue weighted by Gasteiger charge is 2.15. The second-order valence-corrected chi connectivity index (χ2v) is 5.61. The maximum absolute atomic E-state index is 12.6. The smallest absolute Gasteiger partial charge is 0.227 e. The van der Waals surface area contributed by atoms with Crippen LogP contribution in [0.4, 0.5) is 5.69 Å². The maximum atomic E-state index is 12.6. The molecule has 2 nitrogen and oxygen atoms in total. The summed E-state index contributed by atoms with van der Waals surface area (Å²) in [6, 6.07) is 20.1. The Kier molecular flexibility index (Phi) is 6.69. The first-order valence-corrected chi connectivity index (χ1v) is 8.20. The van der Waals surface area contributed by atoms with Gasteiger partial charge in [0.1, 0.15) is 0 Å². The van der Waals surface area contributed by atoms with Crippen molar-refractivity contribution in [2.45, 2.75) is 45.6 Å². The SMILES string of the molecule is CCCCCCC(=O)N(Cc1ccccc1)c1ccccc1. The molecule has 0 atom stereocenters. The average molecular weight is 295 g/mol. The van der Waals surface area contributed by atoms with Gasteiger partial charge in [-0.25, -0.2) is 0 Å². The highest BCUT2D eigenvalue weighted by molar-refractivity contribution is 5.93. The van der Waals surface area contributed by atoms with E-state index in [1.54, 1.807) is 0 Å². The molecular formula is C20H25NO. The van der Waals surface area contributed by atoms with E-state index in [0.717, 1.165) is 24.1 Å². The molecule has 116 valence electrons. The Bertz CT molecular complexity index is 550. The van der Waals surface area contributed by atoms with Crippen LogP contribution in [0, 0.1) is 0 Å². The summed E-state index contributed by atoms with van der Waals surface area (Å²) in [5.74, 6) is 0.214. The molecule has 2 heteroatoms. The predicted octanol–water partition coefficient (Wildman–Crippen LogP) is 5.19. The second kappa shape index (κ2) is 9.04. The molecule has 0 saturated heterocycles. The average Bonchev–Trinajstić information content (AvgIpc) is 2.58. The Labute approximate surface area is 133 Å². The van der Waals surface area contributed by atoms with E-state index < -0.39 is 0 Å². The summed E-state index contributed by atoms with van der Waals surface area (Å²) in [6.45, 7) is 2.82. The molecule has 0 aromatic heterocycles. The number of benzene rings is 2. The number of rotatable bonds is 8. The zero-order chi connectivity index (χ0) is 15.6. The minimum Gasteiger partial charge on any atom is -0.308 e. The standard InChI is InChI=1S/C20H25NO/c1-2-3-4-11-16-20(22)21(19-14-9-6-10-15-19)17-18-12-7-5-8-13-18/h5-10,12-15H,2-4,11,16-17H2,1H3. The molecule has 0 aliphatic rings. The van der Waals surface area contributed by atoms with E-state index in [-0.39, 0.29) is 5.91 Å². The quantitative estimate of drug-likeness (QED) is 0.614. The number of unbranched alkanes of at least 4 members (excludes halogenated alkanes) is 3. The van der Waals surface area contributed by atoms with Gasteiger partial charge in [0.25, 0.3) is 0 Å². The molecule has 0 bridgehead atoms. The van der Waals surface area contributed by atoms with Crippen LogP contribution in [0.25, 0.3) is 0 Å². The molecule has 0 spiro atoms. The molecule has 0 aliphatic heterocycles. The van der Waals surface area contributed by atoms with Crippen LogP contribution in [0.3, 0.4) is 0 Å². The molecule has 1 amide bonds. The molecule has 22 heavy (non-hydrogen) atoms. The molecule has 2 aromatic rings. The summed E-state index contributed by atoms with van der Waals surface area (Å²) in [4.78, 5) is 14.5. The number of carbonyl (C=O) groups is 1. The summed E-state index contributed by atoms with van der Waals surface area (Å²) in [5, 5.41) is 0. The van der Waals surface area contributed by atoms with Gasteiger partial charge in [0.05, 0.1) is 6.54 Å². The topological polar surface area (TPSA) is 20.3 Å². The van der Waals surface area contributed by atoms with Gasteiger partial charge in [0.15, 0.2) is 0 Å². The maximum Gasteiger partial charge on any atom is 0.227 e. The Morgan fingerprint density at radius 1 is 0.864 bits per heavy atom. The minimum atomic E-state index is 0.214. The molecule has 0 fully saturated rings. The largest absolute Gasteiger partial charge is 0.308 e. The van der Waals surface area contributed by atoms with Crippen LogP contribution in [0.5, 0.6) is 0 Å². The van der Waals surface area contributed by atoms with Gasteiger partial charge in [-0.05, 0) is 24.1 Å². The predicted molar refractivity (Wildman–Crippen MR) is 92.8 cm³/mol. The molecule has 0 heterocycles. The number of hydrogen-bond donors (Lipinski definition) is 0. The molecule has 0 aliphatic carbocycles.